The Balaban J connectivity index is 1.37. The molecule has 4 heterocycles. The van der Waals surface area contributed by atoms with E-state index in [-0.39, 0.29) is 0 Å². The quantitative estimate of drug-likeness (QED) is 0.212. The largest absolute Gasteiger partial charge is 0.316 e. The van der Waals surface area contributed by atoms with Crippen LogP contribution < -0.4 is 0 Å². The van der Waals surface area contributed by atoms with Crippen LogP contribution in [0.4, 0.5) is 0 Å². The molecule has 0 atom stereocenters. The van der Waals surface area contributed by atoms with Crippen LogP contribution in [0.15, 0.2) is 145 Å². The third kappa shape index (κ3) is 3.69. The lowest BCUT2D eigenvalue weighted by molar-refractivity contribution is 1.02. The molecule has 202 valence electrons. The minimum absolute atomic E-state index is 0.680. The van der Waals surface area contributed by atoms with E-state index in [9.17, 15) is 0 Å². The van der Waals surface area contributed by atoms with Crippen LogP contribution >= 0.6 is 11.3 Å². The molecule has 0 aliphatic rings. The Morgan fingerprint density at radius 1 is 0.512 bits per heavy atom. The van der Waals surface area contributed by atoms with Gasteiger partial charge in [-0.25, -0.2) is 9.97 Å². The van der Waals surface area contributed by atoms with Crippen molar-refractivity contribution < 1.29 is 0 Å². The lowest BCUT2D eigenvalue weighted by atomic mass is 9.96. The fraction of sp³-hybridized carbons (Fsp3) is 0. The number of benzene rings is 5. The van der Waals surface area contributed by atoms with Crippen LogP contribution in [0, 0.1) is 0 Å². The number of para-hydroxylation sites is 2. The van der Waals surface area contributed by atoms with E-state index in [0.717, 1.165) is 49.3 Å². The molecule has 4 nitrogen and oxygen atoms in total. The van der Waals surface area contributed by atoms with Crippen LogP contribution in [0.1, 0.15) is 0 Å². The highest BCUT2D eigenvalue weighted by Crippen LogP contribution is 2.40. The number of aromatic nitrogens is 4. The highest BCUT2D eigenvalue weighted by Gasteiger charge is 2.21. The lowest BCUT2D eigenvalue weighted by Gasteiger charge is -2.13. The molecule has 0 aliphatic carbocycles. The molecular formula is C38H24N4S. The Labute approximate surface area is 251 Å². The molecule has 0 unspecified atom stereocenters. The second-order valence-corrected chi connectivity index (χ2v) is 11.6. The molecule has 0 radical (unpaired) electrons. The van der Waals surface area contributed by atoms with Crippen LogP contribution in [0.3, 0.4) is 0 Å². The Kier molecular flexibility index (Phi) is 5.33. The van der Waals surface area contributed by atoms with Gasteiger partial charge in [0.2, 0.25) is 5.95 Å². The van der Waals surface area contributed by atoms with Crippen molar-refractivity contribution in [2.75, 3.05) is 0 Å². The second kappa shape index (κ2) is 9.51. The first-order valence-electron chi connectivity index (χ1n) is 14.3. The maximum absolute atomic E-state index is 5.40. The predicted octanol–water partition coefficient (Wildman–Crippen LogP) is 10.1. The van der Waals surface area contributed by atoms with E-state index < -0.39 is 0 Å². The van der Waals surface area contributed by atoms with Gasteiger partial charge >= 0.3 is 0 Å². The van der Waals surface area contributed by atoms with Crippen LogP contribution in [0.25, 0.3) is 76.9 Å². The standard InChI is InChI=1S/C38H24N4S/c1-3-11-25(12-4-1)27-15-7-8-17-29(27)35-32-22-24-43-37(32)40-38(39-35)42-34-18-10-9-16-28(34)30-19-20-33-31(36(30)42)21-23-41(33)26-13-5-2-6-14-26/h1-24H. The number of fused-ring (bicyclic) bond motifs is 6. The van der Waals surface area contributed by atoms with Gasteiger partial charge in [0.05, 0.1) is 22.2 Å². The van der Waals surface area contributed by atoms with E-state index in [2.05, 4.69) is 154 Å². The Morgan fingerprint density at radius 2 is 1.26 bits per heavy atom. The monoisotopic (exact) mass is 568 g/mol. The van der Waals surface area contributed by atoms with E-state index in [1.54, 1.807) is 11.3 Å². The minimum atomic E-state index is 0.680. The van der Waals surface area contributed by atoms with E-state index in [1.807, 2.05) is 0 Å². The first-order valence-corrected chi connectivity index (χ1v) is 15.2. The van der Waals surface area contributed by atoms with Gasteiger partial charge in [0.1, 0.15) is 4.83 Å². The topological polar surface area (TPSA) is 35.6 Å². The zero-order valence-corrected chi connectivity index (χ0v) is 23.9. The summed E-state index contributed by atoms with van der Waals surface area (Å²) in [6.07, 6.45) is 2.16. The summed E-state index contributed by atoms with van der Waals surface area (Å²) < 4.78 is 4.51. The molecule has 0 bridgehead atoms. The average Bonchev–Trinajstić information content (AvgIpc) is 3.81. The maximum atomic E-state index is 5.40. The van der Waals surface area contributed by atoms with Gasteiger partial charge in [-0.05, 0) is 52.9 Å². The average molecular weight is 569 g/mol. The van der Waals surface area contributed by atoms with Gasteiger partial charge in [0.25, 0.3) is 0 Å². The number of thiophene rings is 1. The zero-order chi connectivity index (χ0) is 28.3. The van der Waals surface area contributed by atoms with Gasteiger partial charge in [-0.1, -0.05) is 97.1 Å². The van der Waals surface area contributed by atoms with Crippen molar-refractivity contribution in [2.45, 2.75) is 0 Å². The van der Waals surface area contributed by atoms with E-state index in [0.29, 0.717) is 5.95 Å². The molecule has 9 aromatic rings. The van der Waals surface area contributed by atoms with E-state index >= 15 is 0 Å². The van der Waals surface area contributed by atoms with Gasteiger partial charge < -0.3 is 4.57 Å². The van der Waals surface area contributed by atoms with Crippen molar-refractivity contribution in [1.82, 2.24) is 19.1 Å². The molecule has 0 amide bonds. The third-order valence-corrected chi connectivity index (χ3v) is 9.12. The summed E-state index contributed by atoms with van der Waals surface area (Å²) in [5, 5.41) is 6.72. The number of rotatable bonds is 4. The molecule has 0 N–H and O–H groups in total. The van der Waals surface area contributed by atoms with Crippen molar-refractivity contribution >= 4 is 54.3 Å². The van der Waals surface area contributed by atoms with Gasteiger partial charge in [-0.15, -0.1) is 11.3 Å². The normalized spacial score (nSPS) is 11.7. The molecule has 0 saturated heterocycles. The summed E-state index contributed by atoms with van der Waals surface area (Å²) >= 11 is 1.66. The molecule has 0 aliphatic heterocycles. The minimum Gasteiger partial charge on any atom is -0.316 e. The van der Waals surface area contributed by atoms with E-state index in [4.69, 9.17) is 9.97 Å². The highest BCUT2D eigenvalue weighted by molar-refractivity contribution is 7.16. The molecule has 0 spiro atoms. The summed E-state index contributed by atoms with van der Waals surface area (Å²) in [7, 11) is 0. The van der Waals surface area contributed by atoms with Crippen LogP contribution in [-0.2, 0) is 0 Å². The van der Waals surface area contributed by atoms with Crippen LogP contribution in [0.2, 0.25) is 0 Å². The molecule has 5 aromatic carbocycles. The van der Waals surface area contributed by atoms with Gasteiger partial charge in [0.15, 0.2) is 0 Å². The second-order valence-electron chi connectivity index (χ2n) is 10.7. The number of hydrogen-bond donors (Lipinski definition) is 0. The smallest absolute Gasteiger partial charge is 0.236 e. The van der Waals surface area contributed by atoms with Crippen molar-refractivity contribution in [3.05, 3.63) is 145 Å². The molecule has 43 heavy (non-hydrogen) atoms. The number of hydrogen-bond acceptors (Lipinski definition) is 3. The van der Waals surface area contributed by atoms with Crippen LogP contribution in [0.5, 0.6) is 0 Å². The molecular weight excluding hydrogens is 545 g/mol. The van der Waals surface area contributed by atoms with E-state index in [1.165, 1.54) is 21.7 Å². The first kappa shape index (κ1) is 24.1. The number of nitrogens with zero attached hydrogens (tertiary/aromatic N) is 4. The molecule has 0 fully saturated rings. The van der Waals surface area contributed by atoms with Gasteiger partial charge in [-0.3, -0.25) is 4.57 Å². The molecule has 0 saturated carbocycles. The Hall–Kier alpha value is -5.52. The van der Waals surface area contributed by atoms with Crippen molar-refractivity contribution in [3.63, 3.8) is 0 Å². The first-order chi connectivity index (χ1) is 21.3. The van der Waals surface area contributed by atoms with Gasteiger partial charge in [0, 0.05) is 39.0 Å². The SMILES string of the molecule is c1ccc(-c2ccccc2-c2nc(-n3c4ccccc4c4ccc5c(ccn5-c5ccccc5)c43)nc3sccc23)cc1. The summed E-state index contributed by atoms with van der Waals surface area (Å²) in [5.41, 5.74) is 8.86. The molecule has 5 heteroatoms. The summed E-state index contributed by atoms with van der Waals surface area (Å²) in [5.74, 6) is 0.680. The maximum Gasteiger partial charge on any atom is 0.236 e. The Morgan fingerprint density at radius 3 is 2.12 bits per heavy atom. The highest BCUT2D eigenvalue weighted by atomic mass is 32.1. The van der Waals surface area contributed by atoms with Crippen molar-refractivity contribution in [1.29, 1.82) is 0 Å². The predicted molar refractivity (Wildman–Crippen MR) is 179 cm³/mol. The summed E-state index contributed by atoms with van der Waals surface area (Å²) in [4.78, 5) is 11.6. The molecule has 9 rings (SSSR count). The summed E-state index contributed by atoms with van der Waals surface area (Å²) in [6.45, 7) is 0. The van der Waals surface area contributed by atoms with Gasteiger partial charge in [-0.2, -0.15) is 0 Å². The Bertz CT molecular complexity index is 2450. The molecule has 4 aromatic heterocycles. The van der Waals surface area contributed by atoms with Crippen LogP contribution in [-0.4, -0.2) is 19.1 Å². The zero-order valence-electron chi connectivity index (χ0n) is 23.1. The fourth-order valence-electron chi connectivity index (χ4n) is 6.41. The lowest BCUT2D eigenvalue weighted by Crippen LogP contribution is -2.03. The summed E-state index contributed by atoms with van der Waals surface area (Å²) in [6, 6.07) is 47.0. The van der Waals surface area contributed by atoms with Crippen molar-refractivity contribution in [2.24, 2.45) is 0 Å². The van der Waals surface area contributed by atoms with Crippen molar-refractivity contribution in [3.8, 4) is 34.0 Å². The third-order valence-electron chi connectivity index (χ3n) is 8.32. The fourth-order valence-corrected chi connectivity index (χ4v) is 7.17.